The Kier molecular flexibility index (Phi) is 4.42. The molecule has 112 valence electrons. The summed E-state index contributed by atoms with van der Waals surface area (Å²) in [6.07, 6.45) is 3.39. The minimum absolute atomic E-state index is 0.0739. The molecule has 21 heavy (non-hydrogen) atoms. The Balaban J connectivity index is 2.11. The van der Waals surface area contributed by atoms with E-state index in [0.29, 0.717) is 5.82 Å². The molecule has 0 radical (unpaired) electrons. The Morgan fingerprint density at radius 2 is 2.00 bits per heavy atom. The first-order valence-corrected chi connectivity index (χ1v) is 7.34. The highest BCUT2D eigenvalue weighted by atomic mass is 32.1. The third-order valence-corrected chi connectivity index (χ3v) is 3.43. The third kappa shape index (κ3) is 4.16. The molecule has 0 aromatic carbocycles. The lowest BCUT2D eigenvalue weighted by molar-refractivity contribution is -0.120. The van der Waals surface area contributed by atoms with Gasteiger partial charge in [0.25, 0.3) is 0 Å². The average molecular weight is 305 g/mol. The number of pyridine rings is 1. The summed E-state index contributed by atoms with van der Waals surface area (Å²) >= 11 is 1.24. The summed E-state index contributed by atoms with van der Waals surface area (Å²) < 4.78 is 4.15. The Morgan fingerprint density at radius 3 is 2.62 bits per heavy atom. The SMILES string of the molecule is CC(C)(C)NC(=O)CNc1snc(N)c1-c1ccncc1. The van der Waals surface area contributed by atoms with E-state index >= 15 is 0 Å². The van der Waals surface area contributed by atoms with Crippen LogP contribution in [0.4, 0.5) is 10.8 Å². The molecule has 0 aliphatic rings. The van der Waals surface area contributed by atoms with Gasteiger partial charge in [-0.3, -0.25) is 9.78 Å². The smallest absolute Gasteiger partial charge is 0.239 e. The lowest BCUT2D eigenvalue weighted by Crippen LogP contribution is -2.43. The van der Waals surface area contributed by atoms with E-state index in [1.165, 1.54) is 11.5 Å². The summed E-state index contributed by atoms with van der Waals surface area (Å²) in [4.78, 5) is 15.8. The molecule has 0 spiro atoms. The number of nitrogens with one attached hydrogen (secondary N) is 2. The number of nitrogens with zero attached hydrogens (tertiary/aromatic N) is 2. The first kappa shape index (κ1) is 15.2. The lowest BCUT2D eigenvalue weighted by Gasteiger charge is -2.20. The molecule has 7 heteroatoms. The summed E-state index contributed by atoms with van der Waals surface area (Å²) in [5, 5.41) is 6.78. The van der Waals surface area contributed by atoms with Gasteiger partial charge in [0, 0.05) is 17.9 Å². The molecule has 0 bridgehead atoms. The Hall–Kier alpha value is -2.15. The number of rotatable bonds is 4. The van der Waals surface area contributed by atoms with Crippen molar-refractivity contribution in [2.75, 3.05) is 17.6 Å². The number of amides is 1. The van der Waals surface area contributed by atoms with Gasteiger partial charge in [0.1, 0.15) is 10.8 Å². The second-order valence-electron chi connectivity index (χ2n) is 5.66. The van der Waals surface area contributed by atoms with E-state index < -0.39 is 0 Å². The number of carbonyl (C=O) groups excluding carboxylic acids is 1. The monoisotopic (exact) mass is 305 g/mol. The van der Waals surface area contributed by atoms with Gasteiger partial charge in [-0.25, -0.2) is 0 Å². The van der Waals surface area contributed by atoms with Gasteiger partial charge in [-0.2, -0.15) is 4.37 Å². The van der Waals surface area contributed by atoms with Crippen molar-refractivity contribution in [2.24, 2.45) is 0 Å². The predicted molar refractivity (Wildman–Crippen MR) is 86.1 cm³/mol. The molecule has 2 aromatic heterocycles. The molecule has 0 saturated carbocycles. The largest absolute Gasteiger partial charge is 0.382 e. The zero-order chi connectivity index (χ0) is 15.5. The van der Waals surface area contributed by atoms with Crippen molar-refractivity contribution in [3.05, 3.63) is 24.5 Å². The van der Waals surface area contributed by atoms with Crippen LogP contribution in [0.25, 0.3) is 11.1 Å². The zero-order valence-electron chi connectivity index (χ0n) is 12.3. The van der Waals surface area contributed by atoms with Crippen LogP contribution in [0.15, 0.2) is 24.5 Å². The van der Waals surface area contributed by atoms with E-state index in [2.05, 4.69) is 20.0 Å². The van der Waals surface area contributed by atoms with Crippen LogP contribution in [0, 0.1) is 0 Å². The minimum atomic E-state index is -0.251. The van der Waals surface area contributed by atoms with E-state index in [9.17, 15) is 4.79 Å². The van der Waals surface area contributed by atoms with Gasteiger partial charge in [0.2, 0.25) is 5.91 Å². The van der Waals surface area contributed by atoms with Gasteiger partial charge in [0.05, 0.1) is 12.1 Å². The number of nitrogen functional groups attached to an aromatic ring is 1. The first-order valence-electron chi connectivity index (χ1n) is 6.57. The van der Waals surface area contributed by atoms with E-state index in [1.54, 1.807) is 12.4 Å². The third-order valence-electron chi connectivity index (χ3n) is 2.61. The maximum atomic E-state index is 11.9. The summed E-state index contributed by atoms with van der Waals surface area (Å²) in [5.74, 6) is 0.375. The molecule has 2 rings (SSSR count). The van der Waals surface area contributed by atoms with Crippen LogP contribution in [-0.2, 0) is 4.79 Å². The maximum Gasteiger partial charge on any atom is 0.239 e. The standard InChI is InChI=1S/C14H19N5OS/c1-14(2,3)18-10(20)8-17-13-11(12(15)19-21-13)9-4-6-16-7-5-9/h4-7,17H,8H2,1-3H3,(H2,15,19)(H,18,20). The molecule has 4 N–H and O–H groups in total. The fourth-order valence-corrected chi connectivity index (χ4v) is 2.58. The molecule has 0 fully saturated rings. The number of anilines is 2. The van der Waals surface area contributed by atoms with E-state index in [-0.39, 0.29) is 18.0 Å². The van der Waals surface area contributed by atoms with Crippen molar-refractivity contribution in [2.45, 2.75) is 26.3 Å². The van der Waals surface area contributed by atoms with Crippen molar-refractivity contribution in [1.82, 2.24) is 14.7 Å². The number of carbonyl (C=O) groups is 1. The topological polar surface area (TPSA) is 92.9 Å². The van der Waals surface area contributed by atoms with Crippen molar-refractivity contribution >= 4 is 28.3 Å². The number of hydrogen-bond donors (Lipinski definition) is 3. The predicted octanol–water partition coefficient (Wildman–Crippen LogP) is 2.11. The van der Waals surface area contributed by atoms with E-state index in [0.717, 1.165) is 16.1 Å². The molecule has 2 heterocycles. The molecule has 0 unspecified atom stereocenters. The summed E-state index contributed by atoms with van der Waals surface area (Å²) in [6, 6.07) is 3.72. The van der Waals surface area contributed by atoms with Crippen LogP contribution in [0.1, 0.15) is 20.8 Å². The van der Waals surface area contributed by atoms with Gasteiger partial charge in [-0.15, -0.1) is 0 Å². The van der Waals surface area contributed by atoms with Crippen molar-refractivity contribution in [1.29, 1.82) is 0 Å². The molecule has 2 aromatic rings. The number of aromatic nitrogens is 2. The van der Waals surface area contributed by atoms with E-state index in [4.69, 9.17) is 5.73 Å². The van der Waals surface area contributed by atoms with Crippen molar-refractivity contribution < 1.29 is 4.79 Å². The number of hydrogen-bond acceptors (Lipinski definition) is 6. The van der Waals surface area contributed by atoms with E-state index in [1.807, 2.05) is 32.9 Å². The van der Waals surface area contributed by atoms with Crippen molar-refractivity contribution in [3.8, 4) is 11.1 Å². The molecule has 6 nitrogen and oxygen atoms in total. The van der Waals surface area contributed by atoms with Gasteiger partial charge in [-0.05, 0) is 50.0 Å². The normalized spacial score (nSPS) is 11.2. The van der Waals surface area contributed by atoms with Crippen LogP contribution < -0.4 is 16.4 Å². The van der Waals surface area contributed by atoms with Gasteiger partial charge < -0.3 is 16.4 Å². The molecule has 0 saturated heterocycles. The van der Waals surface area contributed by atoms with Crippen molar-refractivity contribution in [3.63, 3.8) is 0 Å². The van der Waals surface area contributed by atoms with Crippen LogP contribution in [-0.4, -0.2) is 27.3 Å². The maximum absolute atomic E-state index is 11.9. The van der Waals surface area contributed by atoms with Gasteiger partial charge >= 0.3 is 0 Å². The molecular formula is C14H19N5OS. The molecule has 0 atom stereocenters. The summed E-state index contributed by atoms with van der Waals surface area (Å²) in [6.45, 7) is 6.00. The minimum Gasteiger partial charge on any atom is -0.382 e. The Bertz CT molecular complexity index is 618. The van der Waals surface area contributed by atoms with Crippen LogP contribution in [0.5, 0.6) is 0 Å². The van der Waals surface area contributed by atoms with Crippen LogP contribution in [0.2, 0.25) is 0 Å². The Morgan fingerprint density at radius 1 is 1.33 bits per heavy atom. The first-order chi connectivity index (χ1) is 9.87. The zero-order valence-corrected chi connectivity index (χ0v) is 13.1. The second kappa shape index (κ2) is 6.09. The Labute approximate surface area is 128 Å². The molecule has 0 aliphatic carbocycles. The van der Waals surface area contributed by atoms with Crippen LogP contribution >= 0.6 is 11.5 Å². The highest BCUT2D eigenvalue weighted by Crippen LogP contribution is 2.36. The lowest BCUT2D eigenvalue weighted by atomic mass is 10.1. The summed E-state index contributed by atoms with van der Waals surface area (Å²) in [7, 11) is 0. The fourth-order valence-electron chi connectivity index (χ4n) is 1.84. The van der Waals surface area contributed by atoms with Gasteiger partial charge in [-0.1, -0.05) is 0 Å². The molecular weight excluding hydrogens is 286 g/mol. The second-order valence-corrected chi connectivity index (χ2v) is 6.43. The highest BCUT2D eigenvalue weighted by Gasteiger charge is 2.16. The average Bonchev–Trinajstić information content (AvgIpc) is 2.76. The summed E-state index contributed by atoms with van der Waals surface area (Å²) in [5.41, 5.74) is 7.41. The highest BCUT2D eigenvalue weighted by molar-refractivity contribution is 7.11. The fraction of sp³-hybridized carbons (Fsp3) is 0.357. The van der Waals surface area contributed by atoms with Gasteiger partial charge in [0.15, 0.2) is 0 Å². The quantitative estimate of drug-likeness (QED) is 0.804. The molecule has 1 amide bonds. The molecule has 0 aliphatic heterocycles. The van der Waals surface area contributed by atoms with Crippen LogP contribution in [0.3, 0.4) is 0 Å². The number of nitrogens with two attached hydrogens (primary N) is 1.